The number of nitrogens with one attached hydrogen (secondary N) is 1. The molecule has 0 spiro atoms. The van der Waals surface area contributed by atoms with Crippen LogP contribution in [0.4, 0.5) is 0 Å². The van der Waals surface area contributed by atoms with Crippen LogP contribution in [-0.2, 0) is 5.41 Å². The van der Waals surface area contributed by atoms with Crippen LogP contribution in [0.5, 0.6) is 0 Å². The molecule has 1 heteroatoms. The summed E-state index contributed by atoms with van der Waals surface area (Å²) in [5.41, 5.74) is 5.81. The van der Waals surface area contributed by atoms with Crippen molar-refractivity contribution in [3.63, 3.8) is 0 Å². The molecule has 118 valence electrons. The van der Waals surface area contributed by atoms with Gasteiger partial charge in [-0.2, -0.15) is 0 Å². The molecule has 1 aromatic heterocycles. The van der Waals surface area contributed by atoms with Crippen LogP contribution >= 0.6 is 0 Å². The van der Waals surface area contributed by atoms with Gasteiger partial charge in [-0.05, 0) is 39.8 Å². The zero-order valence-electron chi connectivity index (χ0n) is 14.1. The van der Waals surface area contributed by atoms with E-state index in [0.717, 1.165) is 6.42 Å². The minimum Gasteiger partial charge on any atom is -0.358 e. The van der Waals surface area contributed by atoms with Crippen LogP contribution < -0.4 is 0 Å². The number of H-pyrrole nitrogens is 1. The number of rotatable bonds is 1. The molecule has 1 nitrogen and oxygen atoms in total. The molecule has 1 atom stereocenters. The van der Waals surface area contributed by atoms with Crippen LogP contribution in [0.2, 0.25) is 0 Å². The lowest BCUT2D eigenvalue weighted by Gasteiger charge is -2.20. The van der Waals surface area contributed by atoms with Crippen molar-refractivity contribution in [3.8, 4) is 0 Å². The van der Waals surface area contributed by atoms with Crippen molar-refractivity contribution < 1.29 is 0 Å². The number of para-hydroxylation sites is 1. The maximum atomic E-state index is 3.73. The van der Waals surface area contributed by atoms with Gasteiger partial charge in [0.25, 0.3) is 0 Å². The lowest BCUT2D eigenvalue weighted by molar-refractivity contribution is 0.501. The molecule has 1 N–H and O–H groups in total. The molecule has 0 amide bonds. The van der Waals surface area contributed by atoms with Crippen molar-refractivity contribution >= 4 is 21.7 Å². The van der Waals surface area contributed by atoms with Crippen LogP contribution in [0.3, 0.4) is 0 Å². The van der Waals surface area contributed by atoms with Gasteiger partial charge in [0.1, 0.15) is 0 Å². The predicted molar refractivity (Wildman–Crippen MR) is 102 cm³/mol. The van der Waals surface area contributed by atoms with Gasteiger partial charge in [0.15, 0.2) is 0 Å². The van der Waals surface area contributed by atoms with Gasteiger partial charge in [0.05, 0.1) is 0 Å². The molecule has 0 bridgehead atoms. The van der Waals surface area contributed by atoms with E-state index in [-0.39, 0.29) is 5.41 Å². The Labute approximate surface area is 142 Å². The van der Waals surface area contributed by atoms with Crippen molar-refractivity contribution in [2.24, 2.45) is 0 Å². The lowest BCUT2D eigenvalue weighted by atomic mass is 9.83. The molecule has 1 aliphatic rings. The zero-order valence-corrected chi connectivity index (χ0v) is 14.1. The fourth-order valence-corrected chi connectivity index (χ4v) is 4.58. The molecule has 1 heterocycles. The molecule has 3 aromatic carbocycles. The first kappa shape index (κ1) is 13.9. The maximum Gasteiger partial charge on any atom is 0.0459 e. The number of benzene rings is 3. The Morgan fingerprint density at radius 3 is 2.50 bits per heavy atom. The van der Waals surface area contributed by atoms with Crippen LogP contribution in [0.1, 0.15) is 43.0 Å². The van der Waals surface area contributed by atoms with Crippen molar-refractivity contribution in [1.82, 2.24) is 4.98 Å². The predicted octanol–water partition coefficient (Wildman–Crippen LogP) is 6.13. The average molecular weight is 311 g/mol. The second-order valence-electron chi connectivity index (χ2n) is 7.71. The van der Waals surface area contributed by atoms with Crippen LogP contribution in [0, 0.1) is 0 Å². The van der Waals surface area contributed by atoms with Crippen molar-refractivity contribution in [2.75, 3.05) is 0 Å². The van der Waals surface area contributed by atoms with Crippen molar-refractivity contribution in [1.29, 1.82) is 0 Å². The molecule has 24 heavy (non-hydrogen) atoms. The molecule has 0 fully saturated rings. The summed E-state index contributed by atoms with van der Waals surface area (Å²) < 4.78 is 0. The van der Waals surface area contributed by atoms with E-state index in [9.17, 15) is 0 Å². The molecule has 0 aliphatic heterocycles. The summed E-state index contributed by atoms with van der Waals surface area (Å²) in [5, 5.41) is 4.04. The number of aromatic nitrogens is 1. The summed E-state index contributed by atoms with van der Waals surface area (Å²) in [6, 6.07) is 24.3. The van der Waals surface area contributed by atoms with Gasteiger partial charge in [-0.25, -0.2) is 0 Å². The van der Waals surface area contributed by atoms with Gasteiger partial charge < -0.3 is 4.98 Å². The van der Waals surface area contributed by atoms with Gasteiger partial charge in [-0.15, -0.1) is 0 Å². The van der Waals surface area contributed by atoms with Crippen LogP contribution in [0.25, 0.3) is 21.7 Å². The first-order valence-corrected chi connectivity index (χ1v) is 8.73. The first-order valence-electron chi connectivity index (χ1n) is 8.73. The summed E-state index contributed by atoms with van der Waals surface area (Å²) in [6.45, 7) is 4.76. The van der Waals surface area contributed by atoms with Gasteiger partial charge in [0, 0.05) is 22.5 Å². The SMILES string of the molecule is CC1(C)CC(c2ccc3ccccc3c2)c2[nH]c3ccccc3c21. The Kier molecular flexibility index (Phi) is 2.73. The van der Waals surface area contributed by atoms with Crippen molar-refractivity contribution in [2.45, 2.75) is 31.6 Å². The maximum absolute atomic E-state index is 3.73. The molecule has 0 radical (unpaired) electrons. The lowest BCUT2D eigenvalue weighted by Crippen LogP contribution is -2.12. The molecular formula is C23H21N. The highest BCUT2D eigenvalue weighted by molar-refractivity contribution is 5.88. The number of hydrogen-bond donors (Lipinski definition) is 1. The third-order valence-corrected chi connectivity index (χ3v) is 5.65. The van der Waals surface area contributed by atoms with Crippen LogP contribution in [0.15, 0.2) is 66.7 Å². The molecule has 5 rings (SSSR count). The smallest absolute Gasteiger partial charge is 0.0459 e. The van der Waals surface area contributed by atoms with E-state index >= 15 is 0 Å². The van der Waals surface area contributed by atoms with E-state index in [1.165, 1.54) is 38.5 Å². The summed E-state index contributed by atoms with van der Waals surface area (Å²) in [4.78, 5) is 3.73. The number of aromatic amines is 1. The highest BCUT2D eigenvalue weighted by atomic mass is 14.8. The van der Waals surface area contributed by atoms with Gasteiger partial charge in [-0.3, -0.25) is 0 Å². The summed E-state index contributed by atoms with van der Waals surface area (Å²) in [6.07, 6.45) is 1.16. The summed E-state index contributed by atoms with van der Waals surface area (Å²) >= 11 is 0. The molecule has 0 saturated heterocycles. The quantitative estimate of drug-likeness (QED) is 0.435. The topological polar surface area (TPSA) is 15.8 Å². The highest BCUT2D eigenvalue weighted by Gasteiger charge is 2.40. The van der Waals surface area contributed by atoms with E-state index in [4.69, 9.17) is 0 Å². The second kappa shape index (κ2) is 4.73. The first-order chi connectivity index (χ1) is 11.6. The van der Waals surface area contributed by atoms with Crippen LogP contribution in [-0.4, -0.2) is 4.98 Å². The monoisotopic (exact) mass is 311 g/mol. The molecular weight excluding hydrogens is 290 g/mol. The molecule has 1 aliphatic carbocycles. The number of hydrogen-bond acceptors (Lipinski definition) is 0. The number of fused-ring (bicyclic) bond motifs is 4. The normalized spacial score (nSPS) is 19.0. The van der Waals surface area contributed by atoms with Crippen molar-refractivity contribution in [3.05, 3.63) is 83.6 Å². The molecule has 4 aromatic rings. The summed E-state index contributed by atoms with van der Waals surface area (Å²) in [7, 11) is 0. The Hall–Kier alpha value is -2.54. The van der Waals surface area contributed by atoms with E-state index in [1.54, 1.807) is 0 Å². The Morgan fingerprint density at radius 2 is 1.62 bits per heavy atom. The third-order valence-electron chi connectivity index (χ3n) is 5.65. The minimum absolute atomic E-state index is 0.200. The Morgan fingerprint density at radius 1 is 0.875 bits per heavy atom. The molecule has 1 unspecified atom stereocenters. The Balaban J connectivity index is 1.73. The van der Waals surface area contributed by atoms with E-state index in [1.807, 2.05) is 0 Å². The highest BCUT2D eigenvalue weighted by Crippen LogP contribution is 2.51. The van der Waals surface area contributed by atoms with Gasteiger partial charge in [0.2, 0.25) is 0 Å². The Bertz CT molecular complexity index is 1070. The van der Waals surface area contributed by atoms with E-state index in [0.29, 0.717) is 5.92 Å². The zero-order chi connectivity index (χ0) is 16.3. The largest absolute Gasteiger partial charge is 0.358 e. The van der Waals surface area contributed by atoms with Gasteiger partial charge in [-0.1, -0.05) is 74.5 Å². The summed E-state index contributed by atoms with van der Waals surface area (Å²) in [5.74, 6) is 0.451. The van der Waals surface area contributed by atoms with E-state index < -0.39 is 0 Å². The fraction of sp³-hybridized carbons (Fsp3) is 0.217. The van der Waals surface area contributed by atoms with E-state index in [2.05, 4.69) is 85.6 Å². The van der Waals surface area contributed by atoms with Gasteiger partial charge >= 0.3 is 0 Å². The second-order valence-corrected chi connectivity index (χ2v) is 7.71. The third kappa shape index (κ3) is 1.88. The molecule has 0 saturated carbocycles. The fourth-order valence-electron chi connectivity index (χ4n) is 4.58. The average Bonchev–Trinajstić information content (AvgIpc) is 3.10. The minimum atomic E-state index is 0.200. The standard InChI is InChI=1S/C23H21N/c1-23(2)14-19(17-12-11-15-7-3-4-8-16(15)13-17)22-21(23)18-9-5-6-10-20(18)24-22/h3-13,19,24H,14H2,1-2H3.